The quantitative estimate of drug-likeness (QED) is 0.333. The fourth-order valence-corrected chi connectivity index (χ4v) is 3.96. The van der Waals surface area contributed by atoms with E-state index in [1.807, 2.05) is 0 Å². The number of piperidine rings is 1. The Labute approximate surface area is 193 Å². The lowest BCUT2D eigenvalue weighted by molar-refractivity contribution is 0.0323. The number of hydrogen-bond acceptors (Lipinski definition) is 4. The summed E-state index contributed by atoms with van der Waals surface area (Å²) in [5, 5.41) is 7.09. The molecule has 1 aromatic carbocycles. The van der Waals surface area contributed by atoms with E-state index >= 15 is 0 Å². The Morgan fingerprint density at radius 1 is 1.14 bits per heavy atom. The van der Waals surface area contributed by atoms with E-state index in [0.717, 1.165) is 77.8 Å². The number of halogens is 1. The van der Waals surface area contributed by atoms with Crippen molar-refractivity contribution in [3.63, 3.8) is 0 Å². The molecule has 29 heavy (non-hydrogen) atoms. The fraction of sp³-hybridized carbons (Fsp3) is 0.682. The normalized spacial score (nSPS) is 20.1. The van der Waals surface area contributed by atoms with Crippen LogP contribution in [0, 0.1) is 5.92 Å². The van der Waals surface area contributed by atoms with Crippen LogP contribution in [-0.4, -0.2) is 75.9 Å². The van der Waals surface area contributed by atoms with Crippen molar-refractivity contribution in [2.75, 3.05) is 63.9 Å². The van der Waals surface area contributed by atoms with Crippen LogP contribution < -0.4 is 15.5 Å². The number of hydrogen-bond donors (Lipinski definition) is 2. The molecule has 1 unspecified atom stereocenters. The number of para-hydroxylation sites is 1. The van der Waals surface area contributed by atoms with Gasteiger partial charge in [-0.2, -0.15) is 0 Å². The largest absolute Gasteiger partial charge is 0.379 e. The minimum atomic E-state index is 0. The van der Waals surface area contributed by atoms with Gasteiger partial charge in [0.2, 0.25) is 0 Å². The van der Waals surface area contributed by atoms with E-state index in [4.69, 9.17) is 9.73 Å². The summed E-state index contributed by atoms with van der Waals surface area (Å²) < 4.78 is 5.44. The van der Waals surface area contributed by atoms with Crippen molar-refractivity contribution >= 4 is 35.6 Å². The van der Waals surface area contributed by atoms with Crippen molar-refractivity contribution in [3.8, 4) is 0 Å². The van der Waals surface area contributed by atoms with Crippen molar-refractivity contribution in [2.45, 2.75) is 32.7 Å². The van der Waals surface area contributed by atoms with Crippen LogP contribution >= 0.6 is 24.0 Å². The molecule has 0 aromatic heterocycles. The molecule has 6 nitrogen and oxygen atoms in total. The van der Waals surface area contributed by atoms with Gasteiger partial charge in [0.25, 0.3) is 0 Å². The Morgan fingerprint density at radius 2 is 1.83 bits per heavy atom. The highest BCUT2D eigenvalue weighted by molar-refractivity contribution is 14.0. The molecule has 0 spiro atoms. The molecule has 7 heteroatoms. The first-order chi connectivity index (χ1) is 13.7. The first kappa shape index (κ1) is 24.2. The average Bonchev–Trinajstić information content (AvgIpc) is 2.74. The van der Waals surface area contributed by atoms with Gasteiger partial charge in [0.05, 0.1) is 13.2 Å². The van der Waals surface area contributed by atoms with Gasteiger partial charge in [-0.25, -0.2) is 0 Å². The highest BCUT2D eigenvalue weighted by Gasteiger charge is 2.20. The zero-order valence-electron chi connectivity index (χ0n) is 18.0. The van der Waals surface area contributed by atoms with Gasteiger partial charge < -0.3 is 20.3 Å². The van der Waals surface area contributed by atoms with E-state index in [9.17, 15) is 0 Å². The van der Waals surface area contributed by atoms with Gasteiger partial charge in [0, 0.05) is 57.5 Å². The highest BCUT2D eigenvalue weighted by atomic mass is 127. The number of rotatable bonds is 7. The number of nitrogens with zero attached hydrogens (tertiary/aromatic N) is 3. The number of benzene rings is 1. The van der Waals surface area contributed by atoms with E-state index in [1.54, 1.807) is 0 Å². The van der Waals surface area contributed by atoms with Crippen LogP contribution in [0.1, 0.15) is 26.7 Å². The number of guanidine groups is 1. The van der Waals surface area contributed by atoms with Crippen molar-refractivity contribution < 1.29 is 4.74 Å². The molecule has 0 radical (unpaired) electrons. The Kier molecular flexibility index (Phi) is 11.1. The smallest absolute Gasteiger partial charge is 0.191 e. The Hall–Kier alpha value is -1.06. The van der Waals surface area contributed by atoms with Crippen LogP contribution in [-0.2, 0) is 4.74 Å². The summed E-state index contributed by atoms with van der Waals surface area (Å²) in [6, 6.07) is 11.2. The minimum absolute atomic E-state index is 0. The van der Waals surface area contributed by atoms with Crippen LogP contribution in [0.2, 0.25) is 0 Å². The van der Waals surface area contributed by atoms with Crippen LogP contribution in [0.3, 0.4) is 0 Å². The lowest BCUT2D eigenvalue weighted by Gasteiger charge is -2.34. The summed E-state index contributed by atoms with van der Waals surface area (Å²) in [4.78, 5) is 9.84. The van der Waals surface area contributed by atoms with Gasteiger partial charge in [0.1, 0.15) is 0 Å². The molecule has 2 saturated heterocycles. The summed E-state index contributed by atoms with van der Waals surface area (Å²) in [5.41, 5.74) is 1.33. The summed E-state index contributed by atoms with van der Waals surface area (Å²) in [6.07, 6.45) is 2.28. The van der Waals surface area contributed by atoms with Gasteiger partial charge in [0.15, 0.2) is 5.96 Å². The number of anilines is 1. The summed E-state index contributed by atoms with van der Waals surface area (Å²) in [7, 11) is 0. The molecule has 2 N–H and O–H groups in total. The molecule has 2 heterocycles. The molecule has 0 amide bonds. The highest BCUT2D eigenvalue weighted by Crippen LogP contribution is 2.19. The lowest BCUT2D eigenvalue weighted by atomic mass is 10.0. The molecule has 3 rings (SSSR count). The molecule has 2 aliphatic rings. The van der Waals surface area contributed by atoms with Gasteiger partial charge in [-0.15, -0.1) is 24.0 Å². The number of aliphatic imine (C=N–C) groups is 1. The van der Waals surface area contributed by atoms with Crippen molar-refractivity contribution in [1.82, 2.24) is 15.5 Å². The van der Waals surface area contributed by atoms with E-state index < -0.39 is 0 Å². The molecule has 0 bridgehead atoms. The van der Waals surface area contributed by atoms with Gasteiger partial charge >= 0.3 is 0 Å². The molecular formula is C22H38IN5O. The van der Waals surface area contributed by atoms with Crippen LogP contribution in [0.25, 0.3) is 0 Å². The third kappa shape index (κ3) is 8.30. The summed E-state index contributed by atoms with van der Waals surface area (Å²) in [6.45, 7) is 13.3. The Morgan fingerprint density at radius 3 is 2.48 bits per heavy atom. The van der Waals surface area contributed by atoms with Gasteiger partial charge in [-0.1, -0.05) is 25.1 Å². The van der Waals surface area contributed by atoms with E-state index in [0.29, 0.717) is 12.0 Å². The molecule has 164 valence electrons. The first-order valence-corrected chi connectivity index (χ1v) is 10.9. The number of morpholine rings is 1. The molecular weight excluding hydrogens is 477 g/mol. The number of ether oxygens (including phenoxy) is 1. The predicted octanol–water partition coefficient (Wildman–Crippen LogP) is 2.80. The molecule has 2 fully saturated rings. The molecule has 2 aliphatic heterocycles. The third-order valence-corrected chi connectivity index (χ3v) is 5.54. The van der Waals surface area contributed by atoms with E-state index in [-0.39, 0.29) is 24.0 Å². The monoisotopic (exact) mass is 515 g/mol. The SMILES string of the molecule is CCNC(=NCC(C)CN1CCOCC1)NC1CCN(c2ccccc2)CC1.I. The Bertz CT molecular complexity index is 586. The molecule has 1 aromatic rings. The molecule has 1 atom stereocenters. The van der Waals surface area contributed by atoms with Crippen molar-refractivity contribution in [3.05, 3.63) is 30.3 Å². The van der Waals surface area contributed by atoms with E-state index in [2.05, 4.69) is 64.6 Å². The Balaban J connectivity index is 0.00000300. The van der Waals surface area contributed by atoms with Crippen molar-refractivity contribution in [1.29, 1.82) is 0 Å². The standard InChI is InChI=1S/C22H37N5O.HI/c1-3-23-22(24-17-19(2)18-26-13-15-28-16-14-26)25-20-9-11-27(12-10-20)21-7-5-4-6-8-21;/h4-8,19-20H,3,9-18H2,1-2H3,(H2,23,24,25);1H. The minimum Gasteiger partial charge on any atom is -0.379 e. The second-order valence-corrected chi connectivity index (χ2v) is 7.98. The zero-order chi connectivity index (χ0) is 19.6. The maximum atomic E-state index is 5.44. The zero-order valence-corrected chi connectivity index (χ0v) is 20.3. The van der Waals surface area contributed by atoms with Crippen LogP contribution in [0.15, 0.2) is 35.3 Å². The summed E-state index contributed by atoms with van der Waals surface area (Å²) in [5.74, 6) is 1.52. The van der Waals surface area contributed by atoms with Crippen LogP contribution in [0.5, 0.6) is 0 Å². The van der Waals surface area contributed by atoms with Crippen molar-refractivity contribution in [2.24, 2.45) is 10.9 Å². The fourth-order valence-electron chi connectivity index (χ4n) is 3.96. The predicted molar refractivity (Wildman–Crippen MR) is 133 cm³/mol. The molecule has 0 aliphatic carbocycles. The maximum absolute atomic E-state index is 5.44. The number of nitrogens with one attached hydrogen (secondary N) is 2. The topological polar surface area (TPSA) is 52.1 Å². The molecule has 0 saturated carbocycles. The van der Waals surface area contributed by atoms with E-state index in [1.165, 1.54) is 5.69 Å². The van der Waals surface area contributed by atoms with Gasteiger partial charge in [-0.3, -0.25) is 9.89 Å². The first-order valence-electron chi connectivity index (χ1n) is 10.9. The second kappa shape index (κ2) is 13.3. The second-order valence-electron chi connectivity index (χ2n) is 7.98. The lowest BCUT2D eigenvalue weighted by Crippen LogP contribution is -2.49. The van der Waals surface area contributed by atoms with Crippen LogP contribution in [0.4, 0.5) is 5.69 Å². The average molecular weight is 515 g/mol. The maximum Gasteiger partial charge on any atom is 0.191 e. The third-order valence-electron chi connectivity index (χ3n) is 5.54. The summed E-state index contributed by atoms with van der Waals surface area (Å²) >= 11 is 0. The van der Waals surface area contributed by atoms with Gasteiger partial charge in [-0.05, 0) is 37.8 Å².